The van der Waals surface area contributed by atoms with Crippen molar-refractivity contribution in [3.05, 3.63) is 71.3 Å². The van der Waals surface area contributed by atoms with Crippen LogP contribution in [0.25, 0.3) is 5.70 Å². The first-order chi connectivity index (χ1) is 14.6. The molecule has 4 rings (SSSR count). The quantitative estimate of drug-likeness (QED) is 0.348. The molecule has 2 aliphatic rings. The van der Waals surface area contributed by atoms with E-state index in [1.54, 1.807) is 19.2 Å². The predicted octanol–water partition coefficient (Wildman–Crippen LogP) is 3.21. The molecular formula is C24H25N3O3. The molecule has 1 amide bonds. The van der Waals surface area contributed by atoms with Crippen LogP contribution >= 0.6 is 0 Å². The third-order valence-electron chi connectivity index (χ3n) is 5.79. The van der Waals surface area contributed by atoms with Crippen molar-refractivity contribution in [1.82, 2.24) is 10.7 Å². The third-order valence-corrected chi connectivity index (χ3v) is 5.79. The number of ketones is 1. The molecule has 2 N–H and O–H groups in total. The summed E-state index contributed by atoms with van der Waals surface area (Å²) in [7, 11) is 1.59. The lowest BCUT2D eigenvalue weighted by molar-refractivity contribution is -0.135. The summed E-state index contributed by atoms with van der Waals surface area (Å²) in [6.07, 6.45) is 8.34. The summed E-state index contributed by atoms with van der Waals surface area (Å²) < 4.78 is 5.10. The number of hydrogen-bond donors (Lipinski definition) is 2. The standard InChI is InChI=1S/C24H25N3O3/c1-30-19-10-8-17(9-11-19)16-25-27-23(29)22(28)14-21-20-7-3-2-6-18(20)15-24(26-21)12-4-5-13-24/h2-3,6-11,14,16,26H,4-5,12-13,15H2,1H3,(H,27,29)/b21-14-,25-16+. The molecule has 154 valence electrons. The Bertz CT molecular complexity index is 1000. The highest BCUT2D eigenvalue weighted by molar-refractivity contribution is 6.41. The predicted molar refractivity (Wildman–Crippen MR) is 116 cm³/mol. The fourth-order valence-electron chi connectivity index (χ4n) is 4.27. The van der Waals surface area contributed by atoms with Crippen LogP contribution in [0.1, 0.15) is 42.4 Å². The van der Waals surface area contributed by atoms with Gasteiger partial charge in [-0.2, -0.15) is 5.10 Å². The lowest BCUT2D eigenvalue weighted by Crippen LogP contribution is -2.47. The monoisotopic (exact) mass is 403 g/mol. The molecule has 30 heavy (non-hydrogen) atoms. The molecule has 0 bridgehead atoms. The van der Waals surface area contributed by atoms with Gasteiger partial charge in [0.15, 0.2) is 0 Å². The van der Waals surface area contributed by atoms with Crippen molar-refractivity contribution >= 4 is 23.6 Å². The number of ether oxygens (including phenoxy) is 1. The first-order valence-electron chi connectivity index (χ1n) is 10.2. The van der Waals surface area contributed by atoms with Crippen LogP contribution in [0.3, 0.4) is 0 Å². The number of benzene rings is 2. The molecule has 1 heterocycles. The van der Waals surface area contributed by atoms with E-state index >= 15 is 0 Å². The minimum Gasteiger partial charge on any atom is -0.497 e. The number of carbonyl (C=O) groups excluding carboxylic acids is 2. The summed E-state index contributed by atoms with van der Waals surface area (Å²) in [6, 6.07) is 15.3. The Balaban J connectivity index is 1.47. The van der Waals surface area contributed by atoms with Gasteiger partial charge in [0.25, 0.3) is 0 Å². The van der Waals surface area contributed by atoms with Crippen LogP contribution in [0.4, 0.5) is 0 Å². The van der Waals surface area contributed by atoms with Crippen LogP contribution in [-0.2, 0) is 16.0 Å². The van der Waals surface area contributed by atoms with Gasteiger partial charge in [0.05, 0.1) is 13.3 Å². The first kappa shape index (κ1) is 19.9. The minimum absolute atomic E-state index is 0.0105. The highest BCUT2D eigenvalue weighted by atomic mass is 16.5. The average Bonchev–Trinajstić information content (AvgIpc) is 3.21. The molecule has 1 aliphatic heterocycles. The van der Waals surface area contributed by atoms with Crippen molar-refractivity contribution in [3.63, 3.8) is 0 Å². The van der Waals surface area contributed by atoms with Crippen LogP contribution in [0.2, 0.25) is 0 Å². The van der Waals surface area contributed by atoms with Crippen LogP contribution in [0.5, 0.6) is 5.75 Å². The van der Waals surface area contributed by atoms with Crippen molar-refractivity contribution in [3.8, 4) is 5.75 Å². The number of amides is 1. The molecule has 2 aromatic rings. The van der Waals surface area contributed by atoms with Crippen molar-refractivity contribution in [2.45, 2.75) is 37.6 Å². The van der Waals surface area contributed by atoms with Crippen LogP contribution < -0.4 is 15.5 Å². The number of rotatable bonds is 5. The number of carbonyl (C=O) groups is 2. The van der Waals surface area contributed by atoms with Gasteiger partial charge in [-0.3, -0.25) is 9.59 Å². The number of nitrogens with one attached hydrogen (secondary N) is 2. The van der Waals surface area contributed by atoms with E-state index in [9.17, 15) is 9.59 Å². The molecule has 1 spiro atoms. The summed E-state index contributed by atoms with van der Waals surface area (Å²) >= 11 is 0. The summed E-state index contributed by atoms with van der Waals surface area (Å²) in [6.45, 7) is 0. The van der Waals surface area contributed by atoms with E-state index in [2.05, 4.69) is 21.9 Å². The normalized spacial score (nSPS) is 18.2. The topological polar surface area (TPSA) is 79.8 Å². The molecule has 0 radical (unpaired) electrons. The molecule has 1 saturated carbocycles. The Kier molecular flexibility index (Phi) is 5.65. The summed E-state index contributed by atoms with van der Waals surface area (Å²) in [4.78, 5) is 24.8. The van der Waals surface area contributed by atoms with Gasteiger partial charge in [0, 0.05) is 22.9 Å². The molecule has 6 heteroatoms. The van der Waals surface area contributed by atoms with Crippen molar-refractivity contribution < 1.29 is 14.3 Å². The van der Waals surface area contributed by atoms with Gasteiger partial charge >= 0.3 is 5.91 Å². The molecule has 0 saturated heterocycles. The Hall–Kier alpha value is -3.41. The van der Waals surface area contributed by atoms with Crippen molar-refractivity contribution in [1.29, 1.82) is 0 Å². The van der Waals surface area contributed by atoms with Gasteiger partial charge in [-0.1, -0.05) is 37.1 Å². The van der Waals surface area contributed by atoms with Crippen LogP contribution in [0, 0.1) is 0 Å². The van der Waals surface area contributed by atoms with Gasteiger partial charge in [-0.15, -0.1) is 0 Å². The zero-order valence-corrected chi connectivity index (χ0v) is 17.0. The highest BCUT2D eigenvalue weighted by Crippen LogP contribution is 2.39. The zero-order chi connectivity index (χ0) is 21.0. The maximum Gasteiger partial charge on any atom is 0.311 e. The second-order valence-corrected chi connectivity index (χ2v) is 7.84. The zero-order valence-electron chi connectivity index (χ0n) is 17.0. The fourth-order valence-corrected chi connectivity index (χ4v) is 4.27. The molecule has 0 aromatic heterocycles. The lowest BCUT2D eigenvalue weighted by atomic mass is 9.82. The van der Waals surface area contributed by atoms with Crippen molar-refractivity contribution in [2.75, 3.05) is 7.11 Å². The molecule has 1 fully saturated rings. The SMILES string of the molecule is COc1ccc(/C=N/NC(=O)C(=O)/C=C2\NC3(CCCC3)Cc3ccccc32)cc1. The Morgan fingerprint density at radius 3 is 2.57 bits per heavy atom. The molecule has 6 nitrogen and oxygen atoms in total. The number of methoxy groups -OCH3 is 1. The number of hydrazone groups is 1. The molecule has 0 unspecified atom stereocenters. The van der Waals surface area contributed by atoms with Gasteiger partial charge < -0.3 is 10.1 Å². The number of nitrogens with zero attached hydrogens (tertiary/aromatic N) is 1. The van der Waals surface area contributed by atoms with E-state index in [1.165, 1.54) is 30.7 Å². The van der Waals surface area contributed by atoms with Crippen molar-refractivity contribution in [2.24, 2.45) is 5.10 Å². The largest absolute Gasteiger partial charge is 0.497 e. The average molecular weight is 403 g/mol. The second kappa shape index (κ2) is 8.53. The van der Waals surface area contributed by atoms with E-state index in [0.29, 0.717) is 0 Å². The second-order valence-electron chi connectivity index (χ2n) is 7.84. The fraction of sp³-hybridized carbons (Fsp3) is 0.292. The number of fused-ring (bicyclic) bond motifs is 1. The molecule has 2 aromatic carbocycles. The van der Waals surface area contributed by atoms with Gasteiger partial charge in [-0.05, 0) is 54.7 Å². The maximum atomic E-state index is 12.5. The highest BCUT2D eigenvalue weighted by Gasteiger charge is 2.38. The summed E-state index contributed by atoms with van der Waals surface area (Å²) in [5, 5.41) is 7.46. The summed E-state index contributed by atoms with van der Waals surface area (Å²) in [5.41, 5.74) is 6.01. The van der Waals surface area contributed by atoms with Crippen LogP contribution in [-0.4, -0.2) is 30.6 Å². The van der Waals surface area contributed by atoms with E-state index in [-0.39, 0.29) is 5.54 Å². The third kappa shape index (κ3) is 4.27. The molecule has 1 aliphatic carbocycles. The molecule has 0 atom stereocenters. The number of hydrogen-bond acceptors (Lipinski definition) is 5. The van der Waals surface area contributed by atoms with Gasteiger partial charge in [-0.25, -0.2) is 5.43 Å². The Labute approximate surface area is 176 Å². The van der Waals surface area contributed by atoms with E-state index in [4.69, 9.17) is 4.74 Å². The minimum atomic E-state index is -0.766. The Morgan fingerprint density at radius 2 is 1.83 bits per heavy atom. The van der Waals surface area contributed by atoms with E-state index in [1.807, 2.05) is 30.3 Å². The van der Waals surface area contributed by atoms with Crippen LogP contribution in [0.15, 0.2) is 59.7 Å². The van der Waals surface area contributed by atoms with Gasteiger partial charge in [0.2, 0.25) is 5.78 Å². The summed E-state index contributed by atoms with van der Waals surface area (Å²) in [5.74, 6) is -0.662. The smallest absolute Gasteiger partial charge is 0.311 e. The Morgan fingerprint density at radius 1 is 1.10 bits per heavy atom. The van der Waals surface area contributed by atoms with Gasteiger partial charge in [0.1, 0.15) is 5.75 Å². The van der Waals surface area contributed by atoms with E-state index < -0.39 is 11.7 Å². The maximum absolute atomic E-state index is 12.5. The first-order valence-corrected chi connectivity index (χ1v) is 10.2. The van der Waals surface area contributed by atoms with E-state index in [0.717, 1.165) is 41.8 Å². The molecular weight excluding hydrogens is 378 g/mol. The lowest BCUT2D eigenvalue weighted by Gasteiger charge is -2.38.